The van der Waals surface area contributed by atoms with Crippen LogP contribution in [0.5, 0.6) is 5.88 Å². The highest BCUT2D eigenvalue weighted by Gasteiger charge is 2.33. The highest BCUT2D eigenvalue weighted by molar-refractivity contribution is 5.94. The van der Waals surface area contributed by atoms with E-state index in [2.05, 4.69) is 66.9 Å². The molecule has 11 nitrogen and oxygen atoms in total. The molecule has 0 bridgehead atoms. The van der Waals surface area contributed by atoms with Gasteiger partial charge in [-0.1, -0.05) is 24.3 Å². The van der Waals surface area contributed by atoms with Crippen LogP contribution < -0.4 is 20.3 Å². The molecule has 0 aliphatic carbocycles. The molecule has 1 fully saturated rings. The van der Waals surface area contributed by atoms with Gasteiger partial charge in [-0.15, -0.1) is 10.2 Å². The van der Waals surface area contributed by atoms with Crippen LogP contribution in [0.1, 0.15) is 61.3 Å². The summed E-state index contributed by atoms with van der Waals surface area (Å²) in [7, 11) is 1.81. The lowest BCUT2D eigenvalue weighted by molar-refractivity contribution is 0.0891. The molecule has 0 unspecified atom stereocenters. The van der Waals surface area contributed by atoms with Crippen molar-refractivity contribution in [1.82, 2.24) is 30.5 Å². The second-order valence-corrected chi connectivity index (χ2v) is 10.8. The SMILES string of the molecule is CNc1ncc(-c2ccc(Cc3nnc(C)o3)cc2)c(N2CCC(C)(NC(=O)c3ccc(OC(C)C)nc3)CC2)n1. The van der Waals surface area contributed by atoms with E-state index in [4.69, 9.17) is 14.1 Å². The first-order valence-corrected chi connectivity index (χ1v) is 13.8. The lowest BCUT2D eigenvalue weighted by Crippen LogP contribution is -2.53. The number of carbonyl (C=O) groups is 1. The van der Waals surface area contributed by atoms with Gasteiger partial charge >= 0.3 is 0 Å². The first kappa shape index (κ1) is 28.0. The van der Waals surface area contributed by atoms with E-state index in [0.29, 0.717) is 35.6 Å². The normalized spacial score (nSPS) is 14.6. The summed E-state index contributed by atoms with van der Waals surface area (Å²) < 4.78 is 11.1. The van der Waals surface area contributed by atoms with Crippen molar-refractivity contribution in [3.8, 4) is 17.0 Å². The van der Waals surface area contributed by atoms with Crippen LogP contribution in [0.3, 0.4) is 0 Å². The molecule has 0 spiro atoms. The van der Waals surface area contributed by atoms with Crippen molar-refractivity contribution in [2.24, 2.45) is 0 Å². The average Bonchev–Trinajstić information content (AvgIpc) is 3.37. The van der Waals surface area contributed by atoms with Gasteiger partial charge in [-0.25, -0.2) is 9.97 Å². The number of hydrogen-bond donors (Lipinski definition) is 2. The van der Waals surface area contributed by atoms with Crippen molar-refractivity contribution >= 4 is 17.7 Å². The highest BCUT2D eigenvalue weighted by atomic mass is 16.5. The third kappa shape index (κ3) is 6.79. The summed E-state index contributed by atoms with van der Waals surface area (Å²) in [5.41, 5.74) is 3.21. The molecule has 0 atom stereocenters. The largest absolute Gasteiger partial charge is 0.475 e. The standard InChI is InChI=1S/C30H36N8O3/c1-19(2)40-25-11-10-23(17-32-25)28(39)35-30(4)12-14-38(15-13-30)27-24(18-33-29(31-5)34-27)22-8-6-21(7-9-22)16-26-37-36-20(3)41-26/h6-11,17-19H,12-16H2,1-5H3,(H,35,39)(H,31,33,34). The molecular formula is C30H36N8O3. The molecule has 0 radical (unpaired) electrons. The molecule has 1 saturated heterocycles. The molecule has 1 aliphatic heterocycles. The van der Waals surface area contributed by atoms with Gasteiger partial charge in [0.05, 0.1) is 18.1 Å². The number of benzene rings is 1. The van der Waals surface area contributed by atoms with Gasteiger partial charge in [0, 0.05) is 56.6 Å². The van der Waals surface area contributed by atoms with Crippen LogP contribution in [0.25, 0.3) is 11.1 Å². The minimum atomic E-state index is -0.353. The fraction of sp³-hybridized carbons (Fsp3) is 0.400. The summed E-state index contributed by atoms with van der Waals surface area (Å²) in [6.07, 6.45) is 5.55. The van der Waals surface area contributed by atoms with Crippen molar-refractivity contribution in [2.75, 3.05) is 30.4 Å². The lowest BCUT2D eigenvalue weighted by Gasteiger charge is -2.41. The molecule has 2 N–H and O–H groups in total. The zero-order valence-electron chi connectivity index (χ0n) is 24.1. The van der Waals surface area contributed by atoms with Crippen LogP contribution in [0, 0.1) is 6.92 Å². The Bertz CT molecular complexity index is 1480. The third-order valence-corrected chi connectivity index (χ3v) is 7.12. The Morgan fingerprint density at radius 1 is 1.07 bits per heavy atom. The van der Waals surface area contributed by atoms with E-state index in [1.807, 2.05) is 27.1 Å². The van der Waals surface area contributed by atoms with Crippen molar-refractivity contribution < 1.29 is 13.9 Å². The van der Waals surface area contributed by atoms with Gasteiger partial charge < -0.3 is 24.7 Å². The zero-order valence-corrected chi connectivity index (χ0v) is 24.1. The van der Waals surface area contributed by atoms with Gasteiger partial charge in [-0.05, 0) is 50.8 Å². The predicted octanol–water partition coefficient (Wildman–Crippen LogP) is 4.44. The minimum Gasteiger partial charge on any atom is -0.475 e. The van der Waals surface area contributed by atoms with Crippen molar-refractivity contribution in [1.29, 1.82) is 0 Å². The average molecular weight is 557 g/mol. The number of anilines is 2. The molecule has 0 saturated carbocycles. The maximum atomic E-state index is 13.0. The van der Waals surface area contributed by atoms with Gasteiger partial charge in [-0.3, -0.25) is 4.79 Å². The fourth-order valence-corrected chi connectivity index (χ4v) is 4.83. The number of rotatable bonds is 9. The fourth-order valence-electron chi connectivity index (χ4n) is 4.83. The topological polar surface area (TPSA) is 131 Å². The Kier molecular flexibility index (Phi) is 8.14. The quantitative estimate of drug-likeness (QED) is 0.305. The number of ether oxygens (including phenoxy) is 1. The van der Waals surface area contributed by atoms with Crippen LogP contribution in [-0.4, -0.2) is 62.8 Å². The Morgan fingerprint density at radius 3 is 2.44 bits per heavy atom. The van der Waals surface area contributed by atoms with Crippen molar-refractivity contribution in [3.05, 3.63) is 71.7 Å². The number of nitrogens with zero attached hydrogens (tertiary/aromatic N) is 6. The Hall–Kier alpha value is -4.54. The second-order valence-electron chi connectivity index (χ2n) is 10.8. The van der Waals surface area contributed by atoms with E-state index in [1.54, 1.807) is 25.3 Å². The molecule has 1 aromatic carbocycles. The maximum Gasteiger partial charge on any atom is 0.253 e. The Labute approximate surface area is 239 Å². The van der Waals surface area contributed by atoms with E-state index in [-0.39, 0.29) is 17.6 Å². The molecular weight excluding hydrogens is 520 g/mol. The summed E-state index contributed by atoms with van der Waals surface area (Å²) in [5, 5.41) is 14.3. The number of aryl methyl sites for hydroxylation is 1. The molecule has 1 aliphatic rings. The van der Waals surface area contributed by atoms with E-state index in [1.165, 1.54) is 0 Å². The summed E-state index contributed by atoms with van der Waals surface area (Å²) >= 11 is 0. The number of nitrogens with one attached hydrogen (secondary N) is 2. The van der Waals surface area contributed by atoms with Crippen molar-refractivity contribution in [2.45, 2.75) is 58.6 Å². The molecule has 4 aromatic rings. The number of amides is 1. The summed E-state index contributed by atoms with van der Waals surface area (Å²) in [4.78, 5) is 28.9. The summed E-state index contributed by atoms with van der Waals surface area (Å²) in [6, 6.07) is 11.7. The predicted molar refractivity (Wildman–Crippen MR) is 156 cm³/mol. The molecule has 11 heteroatoms. The number of piperidine rings is 1. The first-order chi connectivity index (χ1) is 19.7. The smallest absolute Gasteiger partial charge is 0.253 e. The van der Waals surface area contributed by atoms with Gasteiger partial charge in [0.25, 0.3) is 5.91 Å². The van der Waals surface area contributed by atoms with Crippen LogP contribution >= 0.6 is 0 Å². The van der Waals surface area contributed by atoms with E-state index in [0.717, 1.165) is 48.4 Å². The number of hydrogen-bond acceptors (Lipinski definition) is 10. The molecule has 4 heterocycles. The number of pyridine rings is 1. The molecule has 5 rings (SSSR count). The summed E-state index contributed by atoms with van der Waals surface area (Å²) in [5.74, 6) is 2.95. The summed E-state index contributed by atoms with van der Waals surface area (Å²) in [6.45, 7) is 9.23. The van der Waals surface area contributed by atoms with E-state index in [9.17, 15) is 4.79 Å². The molecule has 3 aromatic heterocycles. The van der Waals surface area contributed by atoms with Gasteiger partial charge in [0.1, 0.15) is 5.82 Å². The number of aromatic nitrogens is 5. The van der Waals surface area contributed by atoms with Gasteiger partial charge in [0.15, 0.2) is 0 Å². The zero-order chi connectivity index (χ0) is 29.0. The maximum absolute atomic E-state index is 13.0. The van der Waals surface area contributed by atoms with Gasteiger partial charge in [-0.2, -0.15) is 4.98 Å². The van der Waals surface area contributed by atoms with Crippen molar-refractivity contribution in [3.63, 3.8) is 0 Å². The lowest BCUT2D eigenvalue weighted by atomic mass is 9.89. The third-order valence-electron chi connectivity index (χ3n) is 7.12. The van der Waals surface area contributed by atoms with E-state index >= 15 is 0 Å². The number of carbonyl (C=O) groups excluding carboxylic acids is 1. The van der Waals surface area contributed by atoms with Crippen LogP contribution in [-0.2, 0) is 6.42 Å². The minimum absolute atomic E-state index is 0.0252. The molecule has 41 heavy (non-hydrogen) atoms. The Balaban J connectivity index is 1.27. The second kappa shape index (κ2) is 11.9. The van der Waals surface area contributed by atoms with Crippen LogP contribution in [0.2, 0.25) is 0 Å². The molecule has 214 valence electrons. The highest BCUT2D eigenvalue weighted by Crippen LogP contribution is 2.33. The van der Waals surface area contributed by atoms with Crippen LogP contribution in [0.4, 0.5) is 11.8 Å². The first-order valence-electron chi connectivity index (χ1n) is 13.8. The molecule has 1 amide bonds. The van der Waals surface area contributed by atoms with Crippen LogP contribution in [0.15, 0.2) is 53.2 Å². The monoisotopic (exact) mass is 556 g/mol. The van der Waals surface area contributed by atoms with E-state index < -0.39 is 0 Å². The Morgan fingerprint density at radius 2 is 1.83 bits per heavy atom. The van der Waals surface area contributed by atoms with Gasteiger partial charge in [0.2, 0.25) is 23.6 Å².